The highest BCUT2D eigenvalue weighted by molar-refractivity contribution is 4.83. The van der Waals surface area contributed by atoms with Gasteiger partial charge in [-0.05, 0) is 0 Å². The summed E-state index contributed by atoms with van der Waals surface area (Å²) in [4.78, 5) is 0. The zero-order valence-electron chi connectivity index (χ0n) is 5.28. The molecule has 0 unspecified atom stereocenters. The highest BCUT2D eigenvalue weighted by Gasteiger charge is 1.78. The summed E-state index contributed by atoms with van der Waals surface area (Å²) >= 11 is 0. The lowest BCUT2D eigenvalue weighted by Crippen LogP contribution is -2.25. The van der Waals surface area contributed by atoms with Crippen molar-refractivity contribution in [3.05, 3.63) is 30.6 Å². The zero-order valence-corrected chi connectivity index (χ0v) is 5.28. The van der Waals surface area contributed by atoms with Gasteiger partial charge in [-0.3, -0.25) is 0 Å². The van der Waals surface area contributed by atoms with E-state index in [9.17, 15) is 0 Å². The van der Waals surface area contributed by atoms with E-state index in [-0.39, 0.29) is 11.0 Å². The van der Waals surface area contributed by atoms with E-state index in [2.05, 4.69) is 0 Å². The Balaban J connectivity index is 0. The van der Waals surface area contributed by atoms with Crippen molar-refractivity contribution in [2.24, 2.45) is 7.05 Å². The fourth-order valence-electron chi connectivity index (χ4n) is 0.485. The molecule has 0 aliphatic heterocycles. The second-order valence-electron chi connectivity index (χ2n) is 1.54. The smallest absolute Gasteiger partial charge is 0.168 e. The summed E-state index contributed by atoms with van der Waals surface area (Å²) in [5.74, 6) is 0. The molecule has 1 aromatic heterocycles. The molecule has 52 valence electrons. The zero-order chi connectivity index (χ0) is 5.11. The van der Waals surface area contributed by atoms with Crippen molar-refractivity contribution in [2.75, 3.05) is 0 Å². The Morgan fingerprint density at radius 3 is 1.67 bits per heavy atom. The van der Waals surface area contributed by atoms with Gasteiger partial charge in [0.15, 0.2) is 12.4 Å². The average Bonchev–Trinajstić information content (AvgIpc) is 1.69. The maximum absolute atomic E-state index is 2.00. The maximum atomic E-state index is 2.00. The number of pyridine rings is 1. The third kappa shape index (κ3) is 3.64. The summed E-state index contributed by atoms with van der Waals surface area (Å²) in [5.41, 5.74) is 0. The molecule has 0 aliphatic rings. The minimum absolute atomic E-state index is 0. The van der Waals surface area contributed by atoms with Crippen LogP contribution in [-0.4, -0.2) is 11.0 Å². The van der Waals surface area contributed by atoms with E-state index in [4.69, 9.17) is 0 Å². The van der Waals surface area contributed by atoms with Crippen molar-refractivity contribution in [1.29, 1.82) is 0 Å². The standard InChI is InChI=1S/C6H8N.2H2O/c1-7-5-3-2-4-6-7;;/h2-6H,1H3;2*1H2/q+1;;/p-1. The SMILES string of the molecule is C[n+]1ccccc1.O.[OH-]. The number of nitrogens with zero attached hydrogens (tertiary/aromatic N) is 1. The van der Waals surface area contributed by atoms with Crippen LogP contribution in [-0.2, 0) is 7.05 Å². The van der Waals surface area contributed by atoms with E-state index in [1.807, 2.05) is 42.2 Å². The lowest BCUT2D eigenvalue weighted by molar-refractivity contribution is -0.671. The van der Waals surface area contributed by atoms with Crippen molar-refractivity contribution in [3.63, 3.8) is 0 Å². The van der Waals surface area contributed by atoms with Crippen molar-refractivity contribution in [3.8, 4) is 0 Å². The minimum Gasteiger partial charge on any atom is -0.870 e. The number of hydrogen-bond acceptors (Lipinski definition) is 1. The van der Waals surface area contributed by atoms with Gasteiger partial charge in [0.25, 0.3) is 0 Å². The minimum atomic E-state index is 0. The summed E-state index contributed by atoms with van der Waals surface area (Å²) in [7, 11) is 2.00. The Labute approximate surface area is 54.2 Å². The van der Waals surface area contributed by atoms with Gasteiger partial charge >= 0.3 is 0 Å². The van der Waals surface area contributed by atoms with Crippen molar-refractivity contribution < 1.29 is 15.5 Å². The summed E-state index contributed by atoms with van der Waals surface area (Å²) in [6.07, 6.45) is 4.00. The predicted octanol–water partition coefficient (Wildman–Crippen LogP) is -0.490. The first kappa shape index (κ1) is 10.9. The number of rotatable bonds is 0. The second kappa shape index (κ2) is 5.21. The van der Waals surface area contributed by atoms with E-state index in [1.165, 1.54) is 0 Å². The summed E-state index contributed by atoms with van der Waals surface area (Å²) < 4.78 is 2.00. The number of hydrogen-bond donors (Lipinski definition) is 0. The summed E-state index contributed by atoms with van der Waals surface area (Å²) in [5, 5.41) is 0. The maximum Gasteiger partial charge on any atom is 0.168 e. The fraction of sp³-hybridized carbons (Fsp3) is 0.167. The topological polar surface area (TPSA) is 65.4 Å². The molecule has 1 heterocycles. The first-order valence-corrected chi connectivity index (χ1v) is 2.30. The molecule has 0 amide bonds. The fourth-order valence-corrected chi connectivity index (χ4v) is 0.485. The van der Waals surface area contributed by atoms with Crippen LogP contribution >= 0.6 is 0 Å². The van der Waals surface area contributed by atoms with E-state index in [1.54, 1.807) is 0 Å². The van der Waals surface area contributed by atoms with E-state index < -0.39 is 0 Å². The van der Waals surface area contributed by atoms with Crippen LogP contribution in [0.4, 0.5) is 0 Å². The van der Waals surface area contributed by atoms with Crippen LogP contribution < -0.4 is 4.57 Å². The molecule has 3 N–H and O–H groups in total. The Hall–Kier alpha value is -0.930. The van der Waals surface area contributed by atoms with E-state index in [0.29, 0.717) is 0 Å². The second-order valence-corrected chi connectivity index (χ2v) is 1.54. The molecule has 0 atom stereocenters. The van der Waals surface area contributed by atoms with Crippen LogP contribution in [0.15, 0.2) is 30.6 Å². The monoisotopic (exact) mass is 129 g/mol. The van der Waals surface area contributed by atoms with Crippen LogP contribution in [0.1, 0.15) is 0 Å². The molecule has 0 spiro atoms. The van der Waals surface area contributed by atoms with E-state index in [0.717, 1.165) is 0 Å². The largest absolute Gasteiger partial charge is 0.870 e. The third-order valence-electron chi connectivity index (χ3n) is 0.865. The molecule has 0 fully saturated rings. The predicted molar refractivity (Wildman–Crippen MR) is 33.2 cm³/mol. The normalized spacial score (nSPS) is 6.78. The van der Waals surface area contributed by atoms with Crippen molar-refractivity contribution in [1.82, 2.24) is 0 Å². The van der Waals surface area contributed by atoms with Crippen molar-refractivity contribution >= 4 is 0 Å². The summed E-state index contributed by atoms with van der Waals surface area (Å²) in [6, 6.07) is 6.00. The van der Waals surface area contributed by atoms with Crippen LogP contribution in [0, 0.1) is 0 Å². The highest BCUT2D eigenvalue weighted by Crippen LogP contribution is 1.71. The molecule has 3 nitrogen and oxygen atoms in total. The lowest BCUT2D eigenvalue weighted by Gasteiger charge is -1.77. The molecular formula is C6H11NO2. The van der Waals surface area contributed by atoms with Crippen LogP contribution in [0.3, 0.4) is 0 Å². The van der Waals surface area contributed by atoms with Gasteiger partial charge in [-0.15, -0.1) is 0 Å². The molecule has 9 heavy (non-hydrogen) atoms. The average molecular weight is 129 g/mol. The van der Waals surface area contributed by atoms with Gasteiger partial charge in [0.2, 0.25) is 0 Å². The summed E-state index contributed by atoms with van der Waals surface area (Å²) in [6.45, 7) is 0. The van der Waals surface area contributed by atoms with Crippen LogP contribution in [0.5, 0.6) is 0 Å². The van der Waals surface area contributed by atoms with Gasteiger partial charge in [-0.25, -0.2) is 4.57 Å². The van der Waals surface area contributed by atoms with Crippen molar-refractivity contribution in [2.45, 2.75) is 0 Å². The van der Waals surface area contributed by atoms with Gasteiger partial charge in [-0.2, -0.15) is 0 Å². The van der Waals surface area contributed by atoms with E-state index >= 15 is 0 Å². The molecule has 0 aliphatic carbocycles. The number of aryl methyl sites for hydroxylation is 1. The molecule has 1 rings (SSSR count). The Morgan fingerprint density at radius 2 is 1.44 bits per heavy atom. The highest BCUT2D eigenvalue weighted by atomic mass is 16.0. The molecule has 0 saturated heterocycles. The third-order valence-corrected chi connectivity index (χ3v) is 0.865. The molecule has 0 saturated carbocycles. The first-order valence-electron chi connectivity index (χ1n) is 2.30. The van der Waals surface area contributed by atoms with Gasteiger partial charge in [0, 0.05) is 12.1 Å². The van der Waals surface area contributed by atoms with Crippen LogP contribution in [0.2, 0.25) is 0 Å². The molecule has 1 aromatic rings. The van der Waals surface area contributed by atoms with Gasteiger partial charge in [0.1, 0.15) is 7.05 Å². The Bertz CT molecular complexity index is 141. The Morgan fingerprint density at radius 1 is 1.00 bits per heavy atom. The quantitative estimate of drug-likeness (QED) is 0.436. The molecule has 3 heteroatoms. The molecular weight excluding hydrogens is 118 g/mol. The first-order chi connectivity index (χ1) is 3.39. The number of aromatic nitrogens is 1. The lowest BCUT2D eigenvalue weighted by atomic mass is 10.5. The molecule has 0 bridgehead atoms. The van der Waals surface area contributed by atoms with Gasteiger partial charge in [0.05, 0.1) is 0 Å². The van der Waals surface area contributed by atoms with Gasteiger partial charge < -0.3 is 11.0 Å². The molecule has 0 radical (unpaired) electrons. The Kier molecular flexibility index (Phi) is 6.34. The van der Waals surface area contributed by atoms with Crippen LogP contribution in [0.25, 0.3) is 0 Å². The van der Waals surface area contributed by atoms with Gasteiger partial charge in [-0.1, -0.05) is 6.07 Å². The molecule has 0 aromatic carbocycles.